The van der Waals surface area contributed by atoms with Crippen molar-refractivity contribution in [1.29, 1.82) is 0 Å². The van der Waals surface area contributed by atoms with Gasteiger partial charge in [0.15, 0.2) is 0 Å². The third-order valence-corrected chi connectivity index (χ3v) is 4.70. The first-order chi connectivity index (χ1) is 9.32. The molecule has 2 aromatic carbocycles. The van der Waals surface area contributed by atoms with Crippen LogP contribution in [0, 0.1) is 34.6 Å². The van der Waals surface area contributed by atoms with Gasteiger partial charge in [0.05, 0.1) is 6.04 Å². The van der Waals surface area contributed by atoms with Crippen molar-refractivity contribution in [1.82, 2.24) is 0 Å². The molecule has 20 heavy (non-hydrogen) atoms. The number of rotatable bonds is 2. The number of benzene rings is 2. The Kier molecular flexibility index (Phi) is 4.22. The Balaban J connectivity index is 2.58. The quantitative estimate of drug-likeness (QED) is 0.833. The lowest BCUT2D eigenvalue weighted by Crippen LogP contribution is -2.16. The summed E-state index contributed by atoms with van der Waals surface area (Å²) < 4.78 is 0. The first-order valence-electron chi connectivity index (χ1n) is 6.92. The van der Waals surface area contributed by atoms with Gasteiger partial charge in [0, 0.05) is 5.02 Å². The minimum atomic E-state index is -0.133. The minimum absolute atomic E-state index is 0.133. The normalized spacial score (nSPS) is 12.6. The van der Waals surface area contributed by atoms with E-state index in [2.05, 4.69) is 39.8 Å². The summed E-state index contributed by atoms with van der Waals surface area (Å²) in [6.45, 7) is 10.6. The predicted molar refractivity (Wildman–Crippen MR) is 87.6 cm³/mol. The van der Waals surface area contributed by atoms with Crippen LogP contribution in [-0.2, 0) is 0 Å². The highest BCUT2D eigenvalue weighted by atomic mass is 35.5. The third kappa shape index (κ3) is 2.61. The van der Waals surface area contributed by atoms with E-state index in [1.807, 2.05) is 19.1 Å². The molecular formula is C18H22ClN. The van der Waals surface area contributed by atoms with E-state index in [9.17, 15) is 0 Å². The van der Waals surface area contributed by atoms with Crippen LogP contribution in [0.15, 0.2) is 24.3 Å². The fourth-order valence-corrected chi connectivity index (χ4v) is 2.87. The van der Waals surface area contributed by atoms with Gasteiger partial charge < -0.3 is 5.73 Å². The van der Waals surface area contributed by atoms with E-state index in [0.717, 1.165) is 16.1 Å². The summed E-state index contributed by atoms with van der Waals surface area (Å²) in [6.07, 6.45) is 0. The zero-order valence-electron chi connectivity index (χ0n) is 12.8. The molecule has 0 heterocycles. The van der Waals surface area contributed by atoms with Gasteiger partial charge in [-0.2, -0.15) is 0 Å². The van der Waals surface area contributed by atoms with Crippen molar-refractivity contribution < 1.29 is 0 Å². The standard InChI is InChI=1S/C18H22ClN/c1-10-6-7-15(9-16(10)19)18(20)17-13(4)11(2)8-12(3)14(17)5/h6-9,18H,20H2,1-5H3. The third-order valence-electron chi connectivity index (χ3n) is 4.29. The Morgan fingerprint density at radius 3 is 1.90 bits per heavy atom. The summed E-state index contributed by atoms with van der Waals surface area (Å²) in [6, 6.07) is 8.18. The first-order valence-corrected chi connectivity index (χ1v) is 7.29. The van der Waals surface area contributed by atoms with E-state index >= 15 is 0 Å². The van der Waals surface area contributed by atoms with Crippen LogP contribution < -0.4 is 5.73 Å². The topological polar surface area (TPSA) is 26.0 Å². The fourth-order valence-electron chi connectivity index (χ4n) is 2.68. The lowest BCUT2D eigenvalue weighted by Gasteiger charge is -2.22. The van der Waals surface area contributed by atoms with Gasteiger partial charge in [-0.05, 0) is 79.6 Å². The molecule has 0 amide bonds. The molecule has 0 aliphatic rings. The van der Waals surface area contributed by atoms with Crippen LogP contribution in [0.1, 0.15) is 45.0 Å². The molecule has 0 bridgehead atoms. The van der Waals surface area contributed by atoms with Crippen LogP contribution >= 0.6 is 11.6 Å². The molecule has 2 heteroatoms. The highest BCUT2D eigenvalue weighted by Gasteiger charge is 2.17. The van der Waals surface area contributed by atoms with Crippen molar-refractivity contribution >= 4 is 11.6 Å². The summed E-state index contributed by atoms with van der Waals surface area (Å²) in [4.78, 5) is 0. The van der Waals surface area contributed by atoms with Crippen LogP contribution in [0.4, 0.5) is 0 Å². The van der Waals surface area contributed by atoms with Crippen molar-refractivity contribution in [2.45, 2.75) is 40.7 Å². The maximum Gasteiger partial charge on any atom is 0.0557 e. The van der Waals surface area contributed by atoms with E-state index in [1.54, 1.807) is 0 Å². The molecule has 0 aromatic heterocycles. The lowest BCUT2D eigenvalue weighted by molar-refractivity contribution is 0.845. The van der Waals surface area contributed by atoms with Crippen molar-refractivity contribution in [2.24, 2.45) is 5.73 Å². The Hall–Kier alpha value is -1.31. The van der Waals surface area contributed by atoms with E-state index in [1.165, 1.54) is 27.8 Å². The van der Waals surface area contributed by atoms with Gasteiger partial charge in [0.2, 0.25) is 0 Å². The zero-order valence-corrected chi connectivity index (χ0v) is 13.6. The molecule has 1 nitrogen and oxygen atoms in total. The van der Waals surface area contributed by atoms with Crippen molar-refractivity contribution in [2.75, 3.05) is 0 Å². The Morgan fingerprint density at radius 2 is 1.40 bits per heavy atom. The van der Waals surface area contributed by atoms with Crippen molar-refractivity contribution in [3.8, 4) is 0 Å². The number of aryl methyl sites for hydroxylation is 3. The predicted octanol–water partition coefficient (Wildman–Crippen LogP) is 4.93. The molecule has 106 valence electrons. The SMILES string of the molecule is Cc1ccc(C(N)c2c(C)c(C)cc(C)c2C)cc1Cl. The van der Waals surface area contributed by atoms with Crippen LogP contribution in [-0.4, -0.2) is 0 Å². The summed E-state index contributed by atoms with van der Waals surface area (Å²) >= 11 is 6.23. The van der Waals surface area contributed by atoms with E-state index < -0.39 is 0 Å². The van der Waals surface area contributed by atoms with Crippen LogP contribution in [0.25, 0.3) is 0 Å². The zero-order chi connectivity index (χ0) is 15.0. The highest BCUT2D eigenvalue weighted by Crippen LogP contribution is 2.31. The molecule has 0 aliphatic heterocycles. The molecule has 0 aliphatic carbocycles. The fraction of sp³-hybridized carbons (Fsp3) is 0.333. The second-order valence-electron chi connectivity index (χ2n) is 5.66. The number of nitrogens with two attached hydrogens (primary N) is 1. The van der Waals surface area contributed by atoms with Crippen LogP contribution in [0.2, 0.25) is 5.02 Å². The van der Waals surface area contributed by atoms with Crippen LogP contribution in [0.5, 0.6) is 0 Å². The molecular weight excluding hydrogens is 266 g/mol. The Labute approximate surface area is 126 Å². The summed E-state index contributed by atoms with van der Waals surface area (Å²) in [7, 11) is 0. The molecule has 1 unspecified atom stereocenters. The Bertz CT molecular complexity index is 633. The van der Waals surface area contributed by atoms with Gasteiger partial charge >= 0.3 is 0 Å². The van der Waals surface area contributed by atoms with Gasteiger partial charge in [-0.15, -0.1) is 0 Å². The molecule has 2 N–H and O–H groups in total. The molecule has 0 fully saturated rings. The highest BCUT2D eigenvalue weighted by molar-refractivity contribution is 6.31. The largest absolute Gasteiger partial charge is 0.320 e. The van der Waals surface area contributed by atoms with E-state index in [0.29, 0.717) is 0 Å². The lowest BCUT2D eigenvalue weighted by atomic mass is 9.87. The number of halogens is 1. The summed E-state index contributed by atoms with van der Waals surface area (Å²) in [5.74, 6) is 0. The minimum Gasteiger partial charge on any atom is -0.320 e. The smallest absolute Gasteiger partial charge is 0.0557 e. The van der Waals surface area contributed by atoms with Gasteiger partial charge in [-0.1, -0.05) is 29.8 Å². The second kappa shape index (κ2) is 5.59. The molecule has 0 saturated heterocycles. The first kappa shape index (κ1) is 15.1. The average molecular weight is 288 g/mol. The monoisotopic (exact) mass is 287 g/mol. The molecule has 0 spiro atoms. The van der Waals surface area contributed by atoms with Gasteiger partial charge in [-0.3, -0.25) is 0 Å². The molecule has 1 atom stereocenters. The molecule has 2 rings (SSSR count). The van der Waals surface area contributed by atoms with Gasteiger partial charge in [-0.25, -0.2) is 0 Å². The van der Waals surface area contributed by atoms with Crippen molar-refractivity contribution in [3.05, 3.63) is 68.2 Å². The second-order valence-corrected chi connectivity index (χ2v) is 6.07. The van der Waals surface area contributed by atoms with Crippen LogP contribution in [0.3, 0.4) is 0 Å². The number of hydrogen-bond donors (Lipinski definition) is 1. The average Bonchev–Trinajstić information content (AvgIpc) is 2.40. The van der Waals surface area contributed by atoms with Gasteiger partial charge in [0.25, 0.3) is 0 Å². The molecule has 2 aromatic rings. The maximum absolute atomic E-state index is 6.52. The molecule has 0 saturated carbocycles. The van der Waals surface area contributed by atoms with Crippen molar-refractivity contribution in [3.63, 3.8) is 0 Å². The number of hydrogen-bond acceptors (Lipinski definition) is 1. The Morgan fingerprint density at radius 1 is 0.850 bits per heavy atom. The van der Waals surface area contributed by atoms with E-state index in [-0.39, 0.29) is 6.04 Å². The molecule has 0 radical (unpaired) electrons. The maximum atomic E-state index is 6.52. The summed E-state index contributed by atoms with van der Waals surface area (Å²) in [5, 5.41) is 0.776. The van der Waals surface area contributed by atoms with Gasteiger partial charge in [0.1, 0.15) is 0 Å². The summed E-state index contributed by atoms with van der Waals surface area (Å²) in [5.41, 5.74) is 15.0. The van der Waals surface area contributed by atoms with E-state index in [4.69, 9.17) is 17.3 Å².